The molecule has 0 aromatic carbocycles. The summed E-state index contributed by atoms with van der Waals surface area (Å²) in [7, 11) is 2.08. The minimum Gasteiger partial charge on any atom is -0.357 e. The summed E-state index contributed by atoms with van der Waals surface area (Å²) in [5.41, 5.74) is 2.45. The van der Waals surface area contributed by atoms with Gasteiger partial charge in [0.15, 0.2) is 5.96 Å². The van der Waals surface area contributed by atoms with Gasteiger partial charge in [0, 0.05) is 19.0 Å². The molecule has 0 radical (unpaired) electrons. The molecule has 0 aliphatic carbocycles. The van der Waals surface area contributed by atoms with E-state index in [1.807, 2.05) is 6.92 Å². The second-order valence-corrected chi connectivity index (χ2v) is 8.04. The number of aromatic nitrogens is 1. The van der Waals surface area contributed by atoms with Crippen molar-refractivity contribution < 1.29 is 0 Å². The first-order chi connectivity index (χ1) is 12.6. The fraction of sp³-hybridized carbons (Fsp3) is 0.579. The van der Waals surface area contributed by atoms with Gasteiger partial charge in [0.05, 0.1) is 29.8 Å². The predicted octanol–water partition coefficient (Wildman–Crippen LogP) is 4.61. The molecule has 2 aromatic heterocycles. The Labute approximate surface area is 188 Å². The molecule has 5 nitrogen and oxygen atoms in total. The van der Waals surface area contributed by atoms with Crippen LogP contribution in [0.15, 0.2) is 27.2 Å². The summed E-state index contributed by atoms with van der Waals surface area (Å²) in [6, 6.07) is 2.54. The third-order valence-corrected chi connectivity index (χ3v) is 5.88. The summed E-state index contributed by atoms with van der Waals surface area (Å²) in [4.78, 5) is 14.2. The van der Waals surface area contributed by atoms with E-state index in [-0.39, 0.29) is 24.0 Å². The number of thiazole rings is 1. The number of hydrogen-bond donors (Lipinski definition) is 1. The van der Waals surface area contributed by atoms with Crippen LogP contribution in [0.5, 0.6) is 0 Å². The second-order valence-electron chi connectivity index (χ2n) is 6.20. The van der Waals surface area contributed by atoms with E-state index >= 15 is 0 Å². The van der Waals surface area contributed by atoms with Crippen LogP contribution >= 0.6 is 46.7 Å². The van der Waals surface area contributed by atoms with Crippen molar-refractivity contribution in [3.63, 3.8) is 0 Å². The Morgan fingerprint density at radius 2 is 2.00 bits per heavy atom. The molecule has 1 unspecified atom stereocenters. The highest BCUT2D eigenvalue weighted by molar-refractivity contribution is 14.0. The summed E-state index contributed by atoms with van der Waals surface area (Å²) < 4.78 is 0. The number of nitrogens with zero attached hydrogens (tertiary/aromatic N) is 4. The van der Waals surface area contributed by atoms with Crippen LogP contribution in [-0.4, -0.2) is 54.0 Å². The van der Waals surface area contributed by atoms with Crippen molar-refractivity contribution in [2.75, 3.05) is 33.2 Å². The number of halogens is 1. The van der Waals surface area contributed by atoms with Gasteiger partial charge in [-0.3, -0.25) is 9.89 Å². The van der Waals surface area contributed by atoms with Gasteiger partial charge < -0.3 is 10.2 Å². The molecule has 8 heteroatoms. The van der Waals surface area contributed by atoms with E-state index in [1.165, 1.54) is 5.56 Å². The van der Waals surface area contributed by atoms with Gasteiger partial charge in [-0.25, -0.2) is 4.98 Å². The quantitative estimate of drug-likeness (QED) is 0.297. The Kier molecular flexibility index (Phi) is 11.4. The maximum absolute atomic E-state index is 4.96. The van der Waals surface area contributed by atoms with Crippen LogP contribution in [0.1, 0.15) is 43.1 Å². The fourth-order valence-electron chi connectivity index (χ4n) is 3.00. The highest BCUT2D eigenvalue weighted by Gasteiger charge is 2.19. The fourth-order valence-corrected chi connectivity index (χ4v) is 4.31. The van der Waals surface area contributed by atoms with Crippen molar-refractivity contribution in [2.45, 2.75) is 40.3 Å². The van der Waals surface area contributed by atoms with E-state index in [0.717, 1.165) is 49.4 Å². The molecule has 27 heavy (non-hydrogen) atoms. The minimum absolute atomic E-state index is 0. The van der Waals surface area contributed by atoms with Crippen LogP contribution < -0.4 is 5.32 Å². The molecule has 0 aliphatic heterocycles. The molecule has 0 amide bonds. The Hall–Kier alpha value is -0.710. The molecule has 152 valence electrons. The standard InChI is InChI=1S/C19H31N5S2.HI/c1-6-20-19(23(5)12-17-14-26-15(4)22-17)21-11-18(24(7-2)8-3)16-9-10-25-13-16;/h9-10,13-14,18H,6-8,11-12H2,1-5H3,(H,20,21);1H. The smallest absolute Gasteiger partial charge is 0.194 e. The summed E-state index contributed by atoms with van der Waals surface area (Å²) in [6.45, 7) is 13.0. The molecule has 1 atom stereocenters. The zero-order valence-corrected chi connectivity index (χ0v) is 20.9. The SMILES string of the molecule is CCNC(=NCC(c1ccsc1)N(CC)CC)N(C)Cc1csc(C)n1.I. The van der Waals surface area contributed by atoms with E-state index in [2.05, 4.69) is 70.1 Å². The van der Waals surface area contributed by atoms with Gasteiger partial charge in [0.25, 0.3) is 0 Å². The number of aryl methyl sites for hydroxylation is 1. The van der Waals surface area contributed by atoms with E-state index in [4.69, 9.17) is 4.99 Å². The number of likely N-dealkylation sites (N-methyl/N-ethyl adjacent to an activating group) is 1. The topological polar surface area (TPSA) is 43.8 Å². The largest absolute Gasteiger partial charge is 0.357 e. The predicted molar refractivity (Wildman–Crippen MR) is 130 cm³/mol. The molecule has 0 bridgehead atoms. The van der Waals surface area contributed by atoms with Crippen LogP contribution in [-0.2, 0) is 6.54 Å². The van der Waals surface area contributed by atoms with Crippen molar-refractivity contribution in [3.05, 3.63) is 38.5 Å². The van der Waals surface area contributed by atoms with E-state index in [1.54, 1.807) is 22.7 Å². The third kappa shape index (κ3) is 7.32. The van der Waals surface area contributed by atoms with Gasteiger partial charge in [0.1, 0.15) is 0 Å². The lowest BCUT2D eigenvalue weighted by Gasteiger charge is -2.29. The molecule has 2 rings (SSSR count). The van der Waals surface area contributed by atoms with Crippen molar-refractivity contribution in [1.29, 1.82) is 0 Å². The van der Waals surface area contributed by atoms with Gasteiger partial charge >= 0.3 is 0 Å². The zero-order valence-electron chi connectivity index (χ0n) is 16.9. The lowest BCUT2D eigenvalue weighted by Crippen LogP contribution is -2.39. The van der Waals surface area contributed by atoms with Gasteiger partial charge in [-0.15, -0.1) is 35.3 Å². The zero-order chi connectivity index (χ0) is 18.9. The summed E-state index contributed by atoms with van der Waals surface area (Å²) in [5, 5.41) is 11.0. The first-order valence-corrected chi connectivity index (χ1v) is 11.1. The Balaban J connectivity index is 0.00000364. The van der Waals surface area contributed by atoms with Crippen LogP contribution in [0.4, 0.5) is 0 Å². The molecule has 0 spiro atoms. The van der Waals surface area contributed by atoms with Crippen LogP contribution in [0.2, 0.25) is 0 Å². The maximum Gasteiger partial charge on any atom is 0.194 e. The highest BCUT2D eigenvalue weighted by atomic mass is 127. The number of hydrogen-bond acceptors (Lipinski definition) is 5. The molecule has 1 N–H and O–H groups in total. The first-order valence-electron chi connectivity index (χ1n) is 9.25. The Morgan fingerprint density at radius 1 is 1.26 bits per heavy atom. The molecule has 0 saturated heterocycles. The second kappa shape index (κ2) is 12.7. The monoisotopic (exact) mass is 521 g/mol. The molecular formula is C19H32IN5S2. The van der Waals surface area contributed by atoms with Gasteiger partial charge in [-0.05, 0) is 49.3 Å². The average Bonchev–Trinajstić information content (AvgIpc) is 3.29. The maximum atomic E-state index is 4.96. The molecule has 2 heterocycles. The lowest BCUT2D eigenvalue weighted by atomic mass is 10.1. The van der Waals surface area contributed by atoms with E-state index in [9.17, 15) is 0 Å². The van der Waals surface area contributed by atoms with Gasteiger partial charge in [-0.1, -0.05) is 13.8 Å². The molecule has 0 saturated carbocycles. The van der Waals surface area contributed by atoms with Gasteiger partial charge in [0.2, 0.25) is 0 Å². The third-order valence-electron chi connectivity index (χ3n) is 4.36. The molecule has 2 aromatic rings. The normalized spacial score (nSPS) is 12.7. The average molecular weight is 522 g/mol. The Morgan fingerprint density at radius 3 is 2.52 bits per heavy atom. The summed E-state index contributed by atoms with van der Waals surface area (Å²) in [5.74, 6) is 0.936. The molecule has 0 fully saturated rings. The van der Waals surface area contributed by atoms with Crippen molar-refractivity contribution in [3.8, 4) is 0 Å². The van der Waals surface area contributed by atoms with Crippen LogP contribution in [0.3, 0.4) is 0 Å². The minimum atomic E-state index is 0. The highest BCUT2D eigenvalue weighted by Crippen LogP contribution is 2.23. The number of rotatable bonds is 9. The number of thiophene rings is 1. The number of aliphatic imine (C=N–C) groups is 1. The van der Waals surface area contributed by atoms with Crippen LogP contribution in [0, 0.1) is 6.92 Å². The number of nitrogens with one attached hydrogen (secondary N) is 1. The summed E-state index contributed by atoms with van der Waals surface area (Å²) >= 11 is 3.45. The summed E-state index contributed by atoms with van der Waals surface area (Å²) in [6.07, 6.45) is 0. The van der Waals surface area contributed by atoms with E-state index < -0.39 is 0 Å². The first kappa shape index (κ1) is 24.3. The Bertz CT molecular complexity index is 667. The molecule has 0 aliphatic rings. The van der Waals surface area contributed by atoms with Crippen LogP contribution in [0.25, 0.3) is 0 Å². The van der Waals surface area contributed by atoms with Crippen molar-refractivity contribution >= 4 is 52.6 Å². The molecular weight excluding hydrogens is 489 g/mol. The van der Waals surface area contributed by atoms with E-state index in [0.29, 0.717) is 6.04 Å². The number of guanidine groups is 1. The van der Waals surface area contributed by atoms with Gasteiger partial charge in [-0.2, -0.15) is 11.3 Å². The van der Waals surface area contributed by atoms with Crippen molar-refractivity contribution in [1.82, 2.24) is 20.1 Å². The lowest BCUT2D eigenvalue weighted by molar-refractivity contribution is 0.224. The van der Waals surface area contributed by atoms with Crippen molar-refractivity contribution in [2.24, 2.45) is 4.99 Å².